The molecular formula is C20H32O4. The summed E-state index contributed by atoms with van der Waals surface area (Å²) in [5.74, 6) is -2.80. The van der Waals surface area contributed by atoms with Crippen molar-refractivity contribution in [3.8, 4) is 0 Å². The molecule has 1 saturated carbocycles. The third kappa shape index (κ3) is 2.89. The summed E-state index contributed by atoms with van der Waals surface area (Å²) >= 11 is 0. The van der Waals surface area contributed by atoms with Crippen LogP contribution in [0.1, 0.15) is 60.8 Å². The summed E-state index contributed by atoms with van der Waals surface area (Å²) in [6.07, 6.45) is 6.84. The number of carboxylic acids is 2. The minimum atomic E-state index is -1.76. The second kappa shape index (κ2) is 5.89. The van der Waals surface area contributed by atoms with E-state index in [1.54, 1.807) is 0 Å². The van der Waals surface area contributed by atoms with E-state index in [1.807, 2.05) is 41.5 Å². The highest BCUT2D eigenvalue weighted by Crippen LogP contribution is 2.60. The Labute approximate surface area is 145 Å². The van der Waals surface area contributed by atoms with Gasteiger partial charge in [-0.2, -0.15) is 0 Å². The van der Waals surface area contributed by atoms with Crippen molar-refractivity contribution in [3.63, 3.8) is 0 Å². The van der Waals surface area contributed by atoms with Gasteiger partial charge in [-0.1, -0.05) is 53.7 Å². The summed E-state index contributed by atoms with van der Waals surface area (Å²) in [5.41, 5.74) is -2.63. The molecule has 0 spiro atoms. The Bertz CT molecular complexity index is 519. The van der Waals surface area contributed by atoms with E-state index in [0.29, 0.717) is 12.3 Å². The summed E-state index contributed by atoms with van der Waals surface area (Å²) in [6.45, 7) is 11.8. The van der Waals surface area contributed by atoms with Crippen molar-refractivity contribution in [2.24, 2.45) is 39.9 Å². The number of hydrogen-bond donors (Lipinski definition) is 2. The molecule has 2 N–H and O–H groups in total. The molecule has 0 aromatic carbocycles. The number of carbonyl (C=O) groups is 2. The van der Waals surface area contributed by atoms with Crippen molar-refractivity contribution in [2.75, 3.05) is 0 Å². The minimum absolute atomic E-state index is 0.0504. The van der Waals surface area contributed by atoms with Gasteiger partial charge in [0.25, 0.3) is 0 Å². The van der Waals surface area contributed by atoms with E-state index in [4.69, 9.17) is 0 Å². The van der Waals surface area contributed by atoms with Gasteiger partial charge in [0.2, 0.25) is 0 Å². The molecular weight excluding hydrogens is 304 g/mol. The van der Waals surface area contributed by atoms with Crippen LogP contribution < -0.4 is 0 Å². The van der Waals surface area contributed by atoms with Crippen molar-refractivity contribution < 1.29 is 19.8 Å². The van der Waals surface area contributed by atoms with Crippen LogP contribution in [0.4, 0.5) is 0 Å². The third-order valence-corrected chi connectivity index (χ3v) is 6.05. The minimum Gasteiger partial charge on any atom is -0.480 e. The van der Waals surface area contributed by atoms with Crippen LogP contribution in [0.15, 0.2) is 12.2 Å². The molecule has 0 radical (unpaired) electrons. The normalized spacial score (nSPS) is 27.5. The highest BCUT2D eigenvalue weighted by atomic mass is 16.4. The van der Waals surface area contributed by atoms with Crippen LogP contribution in [-0.4, -0.2) is 22.2 Å². The van der Waals surface area contributed by atoms with Crippen molar-refractivity contribution in [2.45, 2.75) is 60.8 Å². The second-order valence-corrected chi connectivity index (χ2v) is 9.87. The lowest BCUT2D eigenvalue weighted by molar-refractivity contribution is -0.192. The maximum absolute atomic E-state index is 12.6. The van der Waals surface area contributed by atoms with Crippen LogP contribution in [0.5, 0.6) is 0 Å². The zero-order valence-corrected chi connectivity index (χ0v) is 15.8. The Hall–Kier alpha value is -1.32. The molecule has 3 aliphatic rings. The topological polar surface area (TPSA) is 74.6 Å². The number of aliphatic carboxylic acids is 2. The molecule has 4 heteroatoms. The first-order valence-corrected chi connectivity index (χ1v) is 8.98. The molecule has 3 aliphatic carbocycles. The van der Waals surface area contributed by atoms with Gasteiger partial charge >= 0.3 is 11.9 Å². The first-order chi connectivity index (χ1) is 10.8. The molecule has 1 fully saturated rings. The Balaban J connectivity index is 2.70. The highest BCUT2D eigenvalue weighted by Gasteiger charge is 2.65. The number of fused-ring (bicyclic) bond motifs is 2. The Kier molecular flexibility index (Phi) is 4.66. The average molecular weight is 336 g/mol. The molecule has 0 amide bonds. The van der Waals surface area contributed by atoms with E-state index in [9.17, 15) is 19.8 Å². The van der Waals surface area contributed by atoms with Crippen LogP contribution in [0.2, 0.25) is 0 Å². The van der Waals surface area contributed by atoms with E-state index < -0.39 is 34.1 Å². The van der Waals surface area contributed by atoms with Gasteiger partial charge in [0, 0.05) is 0 Å². The maximum atomic E-state index is 12.6. The first-order valence-electron chi connectivity index (χ1n) is 8.98. The molecule has 0 aromatic rings. The summed E-state index contributed by atoms with van der Waals surface area (Å²) in [4.78, 5) is 25.1. The molecule has 136 valence electrons. The van der Waals surface area contributed by atoms with Crippen LogP contribution in [-0.2, 0) is 9.59 Å². The molecule has 24 heavy (non-hydrogen) atoms. The lowest BCUT2D eigenvalue weighted by Crippen LogP contribution is -2.61. The molecule has 3 unspecified atom stereocenters. The summed E-state index contributed by atoms with van der Waals surface area (Å²) in [7, 11) is 0. The lowest BCUT2D eigenvalue weighted by Gasteiger charge is -2.55. The zero-order valence-electron chi connectivity index (χ0n) is 15.8. The largest absolute Gasteiger partial charge is 0.480 e. The van der Waals surface area contributed by atoms with Gasteiger partial charge in [-0.15, -0.1) is 0 Å². The fourth-order valence-corrected chi connectivity index (χ4v) is 5.99. The first kappa shape index (κ1) is 19.0. The number of carboxylic acid groups (broad SMARTS) is 2. The van der Waals surface area contributed by atoms with E-state index in [1.165, 1.54) is 0 Å². The van der Waals surface area contributed by atoms with Crippen molar-refractivity contribution in [3.05, 3.63) is 12.2 Å². The van der Waals surface area contributed by atoms with Crippen molar-refractivity contribution >= 4 is 11.9 Å². The van der Waals surface area contributed by atoms with E-state index in [-0.39, 0.29) is 11.8 Å². The fraction of sp³-hybridized carbons (Fsp3) is 0.800. The van der Waals surface area contributed by atoms with Gasteiger partial charge in [-0.05, 0) is 53.8 Å². The monoisotopic (exact) mass is 336 g/mol. The fourth-order valence-electron chi connectivity index (χ4n) is 5.99. The second-order valence-electron chi connectivity index (χ2n) is 9.87. The average Bonchev–Trinajstić information content (AvgIpc) is 2.42. The van der Waals surface area contributed by atoms with E-state index in [0.717, 1.165) is 12.8 Å². The number of hydrogen-bond acceptors (Lipinski definition) is 2. The van der Waals surface area contributed by atoms with Gasteiger partial charge < -0.3 is 10.2 Å². The Morgan fingerprint density at radius 3 is 1.67 bits per heavy atom. The molecule has 0 aliphatic heterocycles. The third-order valence-electron chi connectivity index (χ3n) is 6.05. The van der Waals surface area contributed by atoms with Crippen molar-refractivity contribution in [1.82, 2.24) is 0 Å². The van der Waals surface area contributed by atoms with Crippen LogP contribution in [0, 0.1) is 39.9 Å². The molecule has 2 bridgehead atoms. The molecule has 3 atom stereocenters. The number of allylic oxidation sites excluding steroid dienone is 2. The Morgan fingerprint density at radius 1 is 0.917 bits per heavy atom. The quantitative estimate of drug-likeness (QED) is 0.587. The van der Waals surface area contributed by atoms with Gasteiger partial charge in [0.1, 0.15) is 0 Å². The predicted molar refractivity (Wildman–Crippen MR) is 93.6 cm³/mol. The van der Waals surface area contributed by atoms with Crippen LogP contribution >= 0.6 is 0 Å². The molecule has 0 heterocycles. The summed E-state index contributed by atoms with van der Waals surface area (Å²) in [5, 5.41) is 20.5. The standard InChI is InChI=1S/C20H32O4/c1-18(2,3)15(19(4,5)6)20(16(21)22,17(23)24)14-11-12-7-9-13(14)10-8-12/h7,9,12-15H,8,10-11H2,1-6H3,(H,21,22)(H,23,24). The maximum Gasteiger partial charge on any atom is 0.321 e. The summed E-state index contributed by atoms with van der Waals surface area (Å²) in [6, 6.07) is 0. The van der Waals surface area contributed by atoms with Crippen LogP contribution in [0.3, 0.4) is 0 Å². The highest BCUT2D eigenvalue weighted by molar-refractivity contribution is 5.99. The molecule has 0 saturated heterocycles. The Morgan fingerprint density at radius 2 is 1.42 bits per heavy atom. The molecule has 0 aromatic heterocycles. The molecule has 4 nitrogen and oxygen atoms in total. The van der Waals surface area contributed by atoms with Gasteiger partial charge in [-0.25, -0.2) is 0 Å². The smallest absolute Gasteiger partial charge is 0.321 e. The van der Waals surface area contributed by atoms with Crippen molar-refractivity contribution in [1.29, 1.82) is 0 Å². The number of rotatable bonds is 4. The SMILES string of the molecule is CC(C)(C)C(C(C)(C)C)C(C(=O)O)(C(=O)O)C1CC2C=CC1CC2. The van der Waals surface area contributed by atoms with E-state index in [2.05, 4.69) is 12.2 Å². The summed E-state index contributed by atoms with van der Waals surface area (Å²) < 4.78 is 0. The lowest BCUT2D eigenvalue weighted by atomic mass is 9.46. The predicted octanol–water partition coefficient (Wildman–Crippen LogP) is 4.45. The van der Waals surface area contributed by atoms with Gasteiger partial charge in [-0.3, -0.25) is 9.59 Å². The van der Waals surface area contributed by atoms with Gasteiger partial charge in [0.15, 0.2) is 5.41 Å². The zero-order chi connectivity index (χ0) is 18.5. The van der Waals surface area contributed by atoms with Gasteiger partial charge in [0.05, 0.1) is 0 Å². The van der Waals surface area contributed by atoms with Crippen LogP contribution in [0.25, 0.3) is 0 Å². The van der Waals surface area contributed by atoms with E-state index >= 15 is 0 Å². The molecule has 3 rings (SSSR count).